The van der Waals surface area contributed by atoms with Gasteiger partial charge in [-0.05, 0) is 37.4 Å². The van der Waals surface area contributed by atoms with E-state index in [2.05, 4.69) is 40.4 Å². The van der Waals surface area contributed by atoms with Gasteiger partial charge in [-0.2, -0.15) is 0 Å². The molecule has 134 valence electrons. The van der Waals surface area contributed by atoms with E-state index < -0.39 is 25.7 Å². The van der Waals surface area contributed by atoms with Crippen molar-refractivity contribution in [2.75, 3.05) is 20.8 Å². The fourth-order valence-corrected chi connectivity index (χ4v) is 3.20. The molecule has 0 unspecified atom stereocenters. The van der Waals surface area contributed by atoms with E-state index in [0.29, 0.717) is 19.4 Å². The third-order valence-corrected chi connectivity index (χ3v) is 9.20. The Morgan fingerprint density at radius 3 is 1.91 bits per heavy atom. The van der Waals surface area contributed by atoms with Crippen LogP contribution in [0.1, 0.15) is 40.0 Å². The molecule has 0 aliphatic rings. The SMILES string of the molecule is C=CCC(CCCO[Si](C)(C)C(C)(C)C)(C(=O)OC)C(=O)OC. The topological polar surface area (TPSA) is 61.8 Å². The second-order valence-electron chi connectivity index (χ2n) is 7.27. The van der Waals surface area contributed by atoms with Gasteiger partial charge in [0.25, 0.3) is 0 Å². The summed E-state index contributed by atoms with van der Waals surface area (Å²) >= 11 is 0. The van der Waals surface area contributed by atoms with Gasteiger partial charge in [0.2, 0.25) is 0 Å². The zero-order valence-corrected chi connectivity index (χ0v) is 16.7. The number of carbonyl (C=O) groups is 2. The summed E-state index contributed by atoms with van der Waals surface area (Å²) in [5.74, 6) is -1.17. The lowest BCUT2D eigenvalue weighted by atomic mass is 9.80. The van der Waals surface area contributed by atoms with Crippen LogP contribution < -0.4 is 0 Å². The molecule has 0 rings (SSSR count). The molecule has 0 fully saturated rings. The smallest absolute Gasteiger partial charge is 0.323 e. The number of ether oxygens (including phenoxy) is 2. The van der Waals surface area contributed by atoms with Crippen LogP contribution in [0.4, 0.5) is 0 Å². The Labute approximate surface area is 141 Å². The third-order valence-electron chi connectivity index (χ3n) is 4.66. The van der Waals surface area contributed by atoms with E-state index in [1.807, 2.05) is 0 Å². The van der Waals surface area contributed by atoms with Gasteiger partial charge in [-0.3, -0.25) is 9.59 Å². The van der Waals surface area contributed by atoms with Crippen molar-refractivity contribution in [1.82, 2.24) is 0 Å². The average molecular weight is 345 g/mol. The van der Waals surface area contributed by atoms with Crippen molar-refractivity contribution < 1.29 is 23.5 Å². The maximum atomic E-state index is 12.2. The Morgan fingerprint density at radius 2 is 1.57 bits per heavy atom. The minimum Gasteiger partial charge on any atom is -0.468 e. The van der Waals surface area contributed by atoms with E-state index in [1.54, 1.807) is 6.08 Å². The predicted molar refractivity (Wildman–Crippen MR) is 93.7 cm³/mol. The lowest BCUT2D eigenvalue weighted by Crippen LogP contribution is -2.43. The van der Waals surface area contributed by atoms with E-state index in [1.165, 1.54) is 14.2 Å². The average Bonchev–Trinajstić information content (AvgIpc) is 2.47. The number of allylic oxidation sites excluding steroid dienone is 1. The lowest BCUT2D eigenvalue weighted by molar-refractivity contribution is -0.169. The van der Waals surface area contributed by atoms with Crippen molar-refractivity contribution >= 4 is 20.3 Å². The monoisotopic (exact) mass is 344 g/mol. The standard InChI is InChI=1S/C17H32O5Si/c1-9-11-17(14(18)20-5,15(19)21-6)12-10-13-22-23(7,8)16(2,3)4/h9H,1,10-13H2,2-8H3. The Bertz CT molecular complexity index is 407. The van der Waals surface area contributed by atoms with Crippen LogP contribution in [-0.4, -0.2) is 41.1 Å². The quantitative estimate of drug-likeness (QED) is 0.210. The van der Waals surface area contributed by atoms with Crippen LogP contribution in [0.2, 0.25) is 18.1 Å². The first-order valence-corrected chi connectivity index (χ1v) is 10.8. The Balaban J connectivity index is 4.97. The second kappa shape index (κ2) is 8.64. The molecule has 0 aliphatic carbocycles. The molecule has 0 heterocycles. The van der Waals surface area contributed by atoms with E-state index >= 15 is 0 Å². The van der Waals surface area contributed by atoms with Crippen molar-refractivity contribution in [3.05, 3.63) is 12.7 Å². The van der Waals surface area contributed by atoms with Crippen molar-refractivity contribution in [3.8, 4) is 0 Å². The molecule has 0 aromatic rings. The second-order valence-corrected chi connectivity index (χ2v) is 12.1. The Hall–Kier alpha value is -1.14. The first kappa shape index (κ1) is 21.9. The van der Waals surface area contributed by atoms with Crippen LogP contribution in [0.3, 0.4) is 0 Å². The highest BCUT2D eigenvalue weighted by Crippen LogP contribution is 2.37. The van der Waals surface area contributed by atoms with Crippen LogP contribution in [0.15, 0.2) is 12.7 Å². The third kappa shape index (κ3) is 5.46. The van der Waals surface area contributed by atoms with Gasteiger partial charge in [0.05, 0.1) is 14.2 Å². The highest BCUT2D eigenvalue weighted by molar-refractivity contribution is 6.74. The summed E-state index contributed by atoms with van der Waals surface area (Å²) in [5, 5.41) is 0.121. The minimum atomic E-state index is -1.84. The molecule has 6 heteroatoms. The van der Waals surface area contributed by atoms with Gasteiger partial charge in [-0.15, -0.1) is 6.58 Å². The molecule has 0 radical (unpaired) electrons. The summed E-state index contributed by atoms with van der Waals surface area (Å²) in [7, 11) is 0.703. The number of esters is 2. The van der Waals surface area contributed by atoms with Crippen LogP contribution in [0.5, 0.6) is 0 Å². The van der Waals surface area contributed by atoms with Crippen LogP contribution >= 0.6 is 0 Å². The number of rotatable bonds is 9. The lowest BCUT2D eigenvalue weighted by Gasteiger charge is -2.36. The maximum absolute atomic E-state index is 12.2. The van der Waals surface area contributed by atoms with Crippen molar-refractivity contribution in [2.24, 2.45) is 5.41 Å². The highest BCUT2D eigenvalue weighted by Gasteiger charge is 2.47. The molecule has 0 spiro atoms. The van der Waals surface area contributed by atoms with Crippen molar-refractivity contribution in [3.63, 3.8) is 0 Å². The molecule has 0 saturated heterocycles. The maximum Gasteiger partial charge on any atom is 0.323 e. The summed E-state index contributed by atoms with van der Waals surface area (Å²) < 4.78 is 15.8. The summed E-state index contributed by atoms with van der Waals surface area (Å²) in [6.07, 6.45) is 2.62. The van der Waals surface area contributed by atoms with E-state index in [9.17, 15) is 9.59 Å². The molecule has 0 saturated carbocycles. The summed E-state index contributed by atoms with van der Waals surface area (Å²) in [6, 6.07) is 0. The largest absolute Gasteiger partial charge is 0.468 e. The number of hydrogen-bond donors (Lipinski definition) is 0. The molecule has 0 amide bonds. The fourth-order valence-electron chi connectivity index (χ4n) is 2.11. The van der Waals surface area contributed by atoms with Gasteiger partial charge >= 0.3 is 11.9 Å². The molecular weight excluding hydrogens is 312 g/mol. The van der Waals surface area contributed by atoms with Crippen molar-refractivity contribution in [2.45, 2.75) is 58.2 Å². The summed E-state index contributed by atoms with van der Waals surface area (Å²) in [4.78, 5) is 24.3. The van der Waals surface area contributed by atoms with Gasteiger partial charge < -0.3 is 13.9 Å². The Morgan fingerprint density at radius 1 is 1.09 bits per heavy atom. The van der Waals surface area contributed by atoms with Crippen molar-refractivity contribution in [1.29, 1.82) is 0 Å². The van der Waals surface area contributed by atoms with E-state index in [0.717, 1.165) is 0 Å². The molecule has 5 nitrogen and oxygen atoms in total. The molecule has 0 aromatic heterocycles. The molecule has 0 N–H and O–H groups in total. The zero-order valence-electron chi connectivity index (χ0n) is 15.7. The molecule has 0 aromatic carbocycles. The van der Waals surface area contributed by atoms with Gasteiger partial charge in [0, 0.05) is 6.61 Å². The summed E-state index contributed by atoms with van der Waals surface area (Å²) in [6.45, 7) is 15.0. The predicted octanol–water partition coefficient (Wildman–Crippen LogP) is 3.70. The van der Waals surface area contributed by atoms with Gasteiger partial charge in [-0.1, -0.05) is 26.8 Å². The summed E-state index contributed by atoms with van der Waals surface area (Å²) in [5.41, 5.74) is -1.33. The first-order valence-electron chi connectivity index (χ1n) is 7.90. The van der Waals surface area contributed by atoms with Crippen LogP contribution in [0, 0.1) is 5.41 Å². The number of carbonyl (C=O) groups excluding carboxylic acids is 2. The van der Waals surface area contributed by atoms with Gasteiger partial charge in [0.15, 0.2) is 13.7 Å². The first-order chi connectivity index (χ1) is 10.5. The molecular formula is C17H32O5Si. The molecule has 0 atom stereocenters. The zero-order chi connectivity index (χ0) is 18.3. The van der Waals surface area contributed by atoms with Crippen LogP contribution in [0.25, 0.3) is 0 Å². The highest BCUT2D eigenvalue weighted by atomic mass is 28.4. The fraction of sp³-hybridized carbons (Fsp3) is 0.765. The minimum absolute atomic E-state index is 0.121. The number of hydrogen-bond acceptors (Lipinski definition) is 5. The normalized spacial score (nSPS) is 12.7. The van der Waals surface area contributed by atoms with Gasteiger partial charge in [0.1, 0.15) is 0 Å². The van der Waals surface area contributed by atoms with E-state index in [-0.39, 0.29) is 11.5 Å². The van der Waals surface area contributed by atoms with E-state index in [4.69, 9.17) is 13.9 Å². The van der Waals surface area contributed by atoms with Gasteiger partial charge in [-0.25, -0.2) is 0 Å². The molecule has 23 heavy (non-hydrogen) atoms. The van der Waals surface area contributed by atoms with Crippen LogP contribution in [-0.2, 0) is 23.5 Å². The Kier molecular flexibility index (Phi) is 8.21. The molecule has 0 bridgehead atoms. The molecule has 0 aliphatic heterocycles. The number of methoxy groups -OCH3 is 2.